The molecule has 1 aromatic heterocycles. The fraction of sp³-hybridized carbons (Fsp3) is 0.429. The third-order valence-electron chi connectivity index (χ3n) is 7.64. The first kappa shape index (κ1) is 23.3. The summed E-state index contributed by atoms with van der Waals surface area (Å²) in [5.74, 6) is 2.36. The molecule has 35 heavy (non-hydrogen) atoms. The van der Waals surface area contributed by atoms with Crippen LogP contribution in [-0.4, -0.2) is 52.3 Å². The highest BCUT2D eigenvalue weighted by Crippen LogP contribution is 2.43. The van der Waals surface area contributed by atoms with E-state index in [0.717, 1.165) is 61.3 Å². The van der Waals surface area contributed by atoms with Crippen LogP contribution in [0.5, 0.6) is 0 Å². The van der Waals surface area contributed by atoms with Gasteiger partial charge in [0.05, 0.1) is 17.7 Å². The van der Waals surface area contributed by atoms with E-state index in [1.807, 2.05) is 49.1 Å². The average Bonchev–Trinajstić information content (AvgIpc) is 3.29. The van der Waals surface area contributed by atoms with Crippen molar-refractivity contribution < 1.29 is 9.53 Å². The number of aromatic nitrogens is 3. The predicted octanol–water partition coefficient (Wildman–Crippen LogP) is 4.87. The fourth-order valence-electron chi connectivity index (χ4n) is 5.40. The van der Waals surface area contributed by atoms with Crippen LogP contribution < -0.4 is 0 Å². The second-order valence-electron chi connectivity index (χ2n) is 9.84. The maximum atomic E-state index is 13.6. The number of likely N-dealkylation sites (tertiary alicyclic amines) is 1. The molecule has 1 amide bonds. The normalized spacial score (nSPS) is 20.3. The molecule has 0 atom stereocenters. The molecular weight excluding hydrogens is 438 g/mol. The van der Waals surface area contributed by atoms with Crippen molar-refractivity contribution in [2.45, 2.75) is 57.5 Å². The lowest BCUT2D eigenvalue weighted by Crippen LogP contribution is -2.38. The Labute approximate surface area is 206 Å². The Balaban J connectivity index is 1.36. The highest BCUT2D eigenvalue weighted by atomic mass is 16.5. The Hall–Kier alpha value is -3.50. The lowest BCUT2D eigenvalue weighted by molar-refractivity contribution is 0.0259. The van der Waals surface area contributed by atoms with Gasteiger partial charge >= 0.3 is 0 Å². The van der Waals surface area contributed by atoms with Gasteiger partial charge in [-0.05, 0) is 86.3 Å². The Bertz CT molecular complexity index is 1260. The number of carbonyl (C=O) groups excluding carboxylic acids is 1. The molecule has 1 N–H and O–H groups in total. The first-order chi connectivity index (χ1) is 17.0. The Morgan fingerprint density at radius 2 is 1.80 bits per heavy atom. The van der Waals surface area contributed by atoms with E-state index in [1.165, 1.54) is 11.1 Å². The van der Waals surface area contributed by atoms with E-state index in [4.69, 9.17) is 10.00 Å². The van der Waals surface area contributed by atoms with E-state index in [1.54, 1.807) is 7.11 Å². The van der Waals surface area contributed by atoms with Crippen LogP contribution in [0.2, 0.25) is 0 Å². The topological polar surface area (TPSA) is 94.9 Å². The van der Waals surface area contributed by atoms with Gasteiger partial charge in [0.1, 0.15) is 5.82 Å². The van der Waals surface area contributed by atoms with Gasteiger partial charge in [0.2, 0.25) is 0 Å². The van der Waals surface area contributed by atoms with E-state index in [9.17, 15) is 4.79 Å². The summed E-state index contributed by atoms with van der Waals surface area (Å²) in [5.41, 5.74) is 5.83. The summed E-state index contributed by atoms with van der Waals surface area (Å²) in [5, 5.41) is 17.5. The molecule has 1 saturated carbocycles. The number of aromatic amines is 1. The van der Waals surface area contributed by atoms with E-state index in [0.29, 0.717) is 29.3 Å². The van der Waals surface area contributed by atoms with Gasteiger partial charge in [-0.1, -0.05) is 18.2 Å². The monoisotopic (exact) mass is 469 g/mol. The number of nitrogens with zero attached hydrogens (tertiary/aromatic N) is 4. The number of hydrogen-bond acceptors (Lipinski definition) is 5. The number of rotatable bonds is 5. The van der Waals surface area contributed by atoms with Crippen molar-refractivity contribution in [1.29, 1.82) is 5.26 Å². The molecule has 5 rings (SSSR count). The summed E-state index contributed by atoms with van der Waals surface area (Å²) >= 11 is 0. The molecule has 3 aromatic rings. The van der Waals surface area contributed by atoms with Crippen molar-refractivity contribution in [2.75, 3.05) is 20.2 Å². The Morgan fingerprint density at radius 1 is 1.09 bits per heavy atom. The predicted molar refractivity (Wildman–Crippen MR) is 133 cm³/mol. The second kappa shape index (κ2) is 9.63. The van der Waals surface area contributed by atoms with Crippen LogP contribution in [0.1, 0.15) is 76.0 Å². The van der Waals surface area contributed by atoms with Crippen LogP contribution in [0.3, 0.4) is 0 Å². The number of aryl methyl sites for hydroxylation is 2. The summed E-state index contributed by atoms with van der Waals surface area (Å²) < 4.78 is 5.50. The number of amides is 1. The lowest BCUT2D eigenvalue weighted by Gasteiger charge is -2.36. The molecule has 180 valence electrons. The molecule has 0 spiro atoms. The molecule has 7 heteroatoms. The van der Waals surface area contributed by atoms with Crippen LogP contribution >= 0.6 is 0 Å². The number of nitrogens with one attached hydrogen (secondary N) is 1. The molecule has 2 heterocycles. The van der Waals surface area contributed by atoms with Gasteiger partial charge in [0, 0.05) is 31.3 Å². The molecule has 1 aliphatic heterocycles. The summed E-state index contributed by atoms with van der Waals surface area (Å²) in [7, 11) is 1.76. The molecule has 0 radical (unpaired) electrons. The molecule has 2 fully saturated rings. The summed E-state index contributed by atoms with van der Waals surface area (Å²) in [6.45, 7) is 5.36. The summed E-state index contributed by atoms with van der Waals surface area (Å²) in [6.07, 6.45) is 4.09. The van der Waals surface area contributed by atoms with Crippen LogP contribution in [0.4, 0.5) is 0 Å². The highest BCUT2D eigenvalue weighted by molar-refractivity contribution is 5.97. The van der Waals surface area contributed by atoms with E-state index in [2.05, 4.69) is 27.3 Å². The van der Waals surface area contributed by atoms with Crippen LogP contribution in [0, 0.1) is 25.2 Å². The quantitative estimate of drug-likeness (QED) is 0.575. The molecule has 0 bridgehead atoms. The number of ether oxygens (including phenoxy) is 1. The maximum absolute atomic E-state index is 13.6. The van der Waals surface area contributed by atoms with Crippen molar-refractivity contribution in [3.05, 3.63) is 70.0 Å². The molecule has 0 unspecified atom stereocenters. The van der Waals surface area contributed by atoms with Crippen molar-refractivity contribution in [2.24, 2.45) is 0 Å². The maximum Gasteiger partial charge on any atom is 0.254 e. The van der Waals surface area contributed by atoms with E-state index >= 15 is 0 Å². The smallest absolute Gasteiger partial charge is 0.254 e. The summed E-state index contributed by atoms with van der Waals surface area (Å²) in [4.78, 5) is 18.9. The Morgan fingerprint density at radius 3 is 2.40 bits per heavy atom. The molecule has 2 aliphatic rings. The van der Waals surface area contributed by atoms with E-state index < -0.39 is 0 Å². The molecule has 2 aromatic carbocycles. The van der Waals surface area contributed by atoms with Crippen molar-refractivity contribution >= 4 is 5.91 Å². The SMILES string of the molecule is CO[C@H]1C[C@H](c2cc(C)c(C(=O)N3CCC(c4ccc(C#N)cc4)CC3)cc2-c2nnc(C)[nH]2)C1. The van der Waals surface area contributed by atoms with Crippen molar-refractivity contribution in [1.82, 2.24) is 20.1 Å². The second-order valence-corrected chi connectivity index (χ2v) is 9.84. The third-order valence-corrected chi connectivity index (χ3v) is 7.64. The summed E-state index contributed by atoms with van der Waals surface area (Å²) in [6, 6.07) is 14.2. The third kappa shape index (κ3) is 4.59. The fourth-order valence-corrected chi connectivity index (χ4v) is 5.40. The first-order valence-electron chi connectivity index (χ1n) is 12.3. The van der Waals surface area contributed by atoms with Crippen LogP contribution in [0.25, 0.3) is 11.4 Å². The van der Waals surface area contributed by atoms with Gasteiger partial charge < -0.3 is 14.6 Å². The number of piperidine rings is 1. The average molecular weight is 470 g/mol. The number of carbonyl (C=O) groups is 1. The van der Waals surface area contributed by atoms with Gasteiger partial charge in [-0.3, -0.25) is 4.79 Å². The zero-order valence-electron chi connectivity index (χ0n) is 20.5. The largest absolute Gasteiger partial charge is 0.381 e. The minimum absolute atomic E-state index is 0.0770. The van der Waals surface area contributed by atoms with Crippen molar-refractivity contribution in [3.8, 4) is 17.5 Å². The molecular formula is C28H31N5O2. The number of hydrogen-bond donors (Lipinski definition) is 1. The minimum atomic E-state index is 0.0770. The highest BCUT2D eigenvalue weighted by Gasteiger charge is 2.34. The number of nitriles is 1. The zero-order chi connectivity index (χ0) is 24.5. The van der Waals surface area contributed by atoms with Gasteiger partial charge in [0.15, 0.2) is 5.82 Å². The minimum Gasteiger partial charge on any atom is -0.381 e. The number of methoxy groups -OCH3 is 1. The van der Waals surface area contributed by atoms with Gasteiger partial charge in [0.25, 0.3) is 5.91 Å². The van der Waals surface area contributed by atoms with Crippen LogP contribution in [0.15, 0.2) is 36.4 Å². The Kier molecular flexibility index (Phi) is 6.40. The molecule has 1 aliphatic carbocycles. The van der Waals surface area contributed by atoms with Gasteiger partial charge in [-0.25, -0.2) is 0 Å². The first-order valence-corrected chi connectivity index (χ1v) is 12.3. The van der Waals surface area contributed by atoms with Gasteiger partial charge in [-0.15, -0.1) is 10.2 Å². The van der Waals surface area contributed by atoms with Crippen molar-refractivity contribution in [3.63, 3.8) is 0 Å². The van der Waals surface area contributed by atoms with Crippen LogP contribution in [-0.2, 0) is 4.74 Å². The molecule has 1 saturated heterocycles. The molecule has 7 nitrogen and oxygen atoms in total. The van der Waals surface area contributed by atoms with Gasteiger partial charge in [-0.2, -0.15) is 5.26 Å². The van der Waals surface area contributed by atoms with E-state index in [-0.39, 0.29) is 5.91 Å². The zero-order valence-corrected chi connectivity index (χ0v) is 20.5. The number of H-pyrrole nitrogens is 1. The number of benzene rings is 2. The lowest BCUT2D eigenvalue weighted by atomic mass is 9.75. The standard InChI is InChI=1S/C28H31N5O2/c1-17-12-25(22-13-23(14-22)35-3)26(27-30-18(2)31-32-27)15-24(17)28(34)33-10-8-21(9-11-33)20-6-4-19(16-29)5-7-20/h4-7,12,15,21-23H,8-11,13-14H2,1-3H3,(H,30,31,32)/t22-,23-.